The fourth-order valence-corrected chi connectivity index (χ4v) is 8.47. The fraction of sp³-hybridized carbons (Fsp3) is 0.716. The Bertz CT molecular complexity index is 1440. The van der Waals surface area contributed by atoms with Crippen LogP contribution in [-0.4, -0.2) is 37.2 Å². The van der Waals surface area contributed by atoms with Gasteiger partial charge in [-0.3, -0.25) is 14.4 Å². The van der Waals surface area contributed by atoms with Gasteiger partial charge in [-0.25, -0.2) is 0 Å². The van der Waals surface area contributed by atoms with E-state index in [1.54, 1.807) is 0 Å². The Morgan fingerprint density at radius 2 is 0.562 bits per heavy atom. The average molecular weight is 1020 g/mol. The van der Waals surface area contributed by atoms with Crippen LogP contribution in [0, 0.1) is 0 Å². The van der Waals surface area contributed by atoms with Crippen molar-refractivity contribution in [2.75, 3.05) is 13.2 Å². The molecule has 0 heterocycles. The molecule has 0 aliphatic rings. The predicted molar refractivity (Wildman–Crippen MR) is 316 cm³/mol. The van der Waals surface area contributed by atoms with E-state index in [9.17, 15) is 14.4 Å². The smallest absolute Gasteiger partial charge is 0.306 e. The highest BCUT2D eigenvalue weighted by atomic mass is 16.6. The van der Waals surface area contributed by atoms with Gasteiger partial charge in [0, 0.05) is 19.3 Å². The predicted octanol–water partition coefficient (Wildman–Crippen LogP) is 20.9. The Morgan fingerprint density at radius 1 is 0.288 bits per heavy atom. The van der Waals surface area contributed by atoms with Crippen molar-refractivity contribution in [3.63, 3.8) is 0 Å². The summed E-state index contributed by atoms with van der Waals surface area (Å²) >= 11 is 0. The normalized spacial score (nSPS) is 12.8. The third kappa shape index (κ3) is 59.1. The minimum absolute atomic E-state index is 0.0983. The van der Waals surface area contributed by atoms with Crippen molar-refractivity contribution in [2.24, 2.45) is 0 Å². The number of carbonyl (C=O) groups excluding carboxylic acids is 3. The summed E-state index contributed by atoms with van der Waals surface area (Å²) in [4.78, 5) is 38.2. The maximum Gasteiger partial charge on any atom is 0.306 e. The van der Waals surface area contributed by atoms with Gasteiger partial charge in [0.05, 0.1) is 0 Å². The number of unbranched alkanes of at least 4 members (excludes halogenated alkanes) is 28. The zero-order chi connectivity index (χ0) is 52.9. The Balaban J connectivity index is 4.39. The molecule has 0 saturated heterocycles. The quantitative estimate of drug-likeness (QED) is 0.0261. The second-order valence-electron chi connectivity index (χ2n) is 20.2. The van der Waals surface area contributed by atoms with E-state index in [1.165, 1.54) is 141 Å². The van der Waals surface area contributed by atoms with Crippen molar-refractivity contribution < 1.29 is 28.6 Å². The minimum atomic E-state index is -0.804. The minimum Gasteiger partial charge on any atom is -0.462 e. The van der Waals surface area contributed by atoms with Crippen LogP contribution in [0.3, 0.4) is 0 Å². The van der Waals surface area contributed by atoms with Gasteiger partial charge < -0.3 is 14.2 Å². The van der Waals surface area contributed by atoms with Crippen LogP contribution in [0.1, 0.15) is 290 Å². The van der Waals surface area contributed by atoms with Crippen molar-refractivity contribution in [1.82, 2.24) is 0 Å². The lowest BCUT2D eigenvalue weighted by molar-refractivity contribution is -0.167. The number of carbonyl (C=O) groups is 3. The molecule has 6 nitrogen and oxygen atoms in total. The second-order valence-corrected chi connectivity index (χ2v) is 20.2. The maximum atomic E-state index is 12.9. The maximum absolute atomic E-state index is 12.9. The van der Waals surface area contributed by atoms with Crippen LogP contribution in [0.4, 0.5) is 0 Å². The van der Waals surface area contributed by atoms with E-state index >= 15 is 0 Å². The van der Waals surface area contributed by atoms with Crippen molar-refractivity contribution >= 4 is 17.9 Å². The zero-order valence-corrected chi connectivity index (χ0v) is 47.9. The standard InChI is InChI=1S/C67H114O6/c1-4-7-10-13-16-19-22-24-26-28-30-32-33-35-36-38-40-42-45-48-51-54-57-60-66(69)72-63-64(62-71-65(68)59-56-53-50-47-44-21-18-15-12-9-6-3)73-67(70)61-58-55-52-49-46-43-41-39-37-34-31-29-27-25-23-20-17-14-11-8-5-2/h7,10,15-16,18-19,24,26,30,32,35-36,40,42,48,51,64H,4-6,8-9,11-14,17,20-23,25,27-29,31,33-34,37-39,41,43-47,49-50,52-63H2,1-3H3/b10-7-,18-15-,19-16-,26-24-,32-30-,36-35-,42-40-,51-48-. The van der Waals surface area contributed by atoms with Gasteiger partial charge in [-0.05, 0) is 89.9 Å². The molecule has 0 bridgehead atoms. The lowest BCUT2D eigenvalue weighted by atomic mass is 10.0. The monoisotopic (exact) mass is 1010 g/mol. The summed E-state index contributed by atoms with van der Waals surface area (Å²) in [5.41, 5.74) is 0. The molecule has 1 unspecified atom stereocenters. The highest BCUT2D eigenvalue weighted by Gasteiger charge is 2.19. The highest BCUT2D eigenvalue weighted by Crippen LogP contribution is 2.16. The van der Waals surface area contributed by atoms with E-state index in [4.69, 9.17) is 14.2 Å². The molecule has 73 heavy (non-hydrogen) atoms. The van der Waals surface area contributed by atoms with Crippen LogP contribution in [0.2, 0.25) is 0 Å². The first-order chi connectivity index (χ1) is 36.0. The first-order valence-electron chi connectivity index (χ1n) is 30.7. The summed E-state index contributed by atoms with van der Waals surface area (Å²) in [5, 5.41) is 0. The number of hydrogen-bond donors (Lipinski definition) is 0. The van der Waals surface area contributed by atoms with Gasteiger partial charge in [-0.2, -0.15) is 0 Å². The molecule has 0 amide bonds. The van der Waals surface area contributed by atoms with Gasteiger partial charge in [0.1, 0.15) is 13.2 Å². The fourth-order valence-electron chi connectivity index (χ4n) is 8.47. The van der Waals surface area contributed by atoms with Gasteiger partial charge in [0.15, 0.2) is 6.10 Å². The summed E-state index contributed by atoms with van der Waals surface area (Å²) in [6.07, 6.45) is 81.3. The van der Waals surface area contributed by atoms with Gasteiger partial charge in [0.25, 0.3) is 0 Å². The van der Waals surface area contributed by atoms with E-state index in [0.717, 1.165) is 103 Å². The Labute approximate surface area is 451 Å². The molecule has 1 atom stereocenters. The Morgan fingerprint density at radius 3 is 0.945 bits per heavy atom. The highest BCUT2D eigenvalue weighted by molar-refractivity contribution is 5.71. The molecule has 0 spiro atoms. The van der Waals surface area contributed by atoms with Crippen molar-refractivity contribution in [3.8, 4) is 0 Å². The number of rotatable bonds is 55. The van der Waals surface area contributed by atoms with Crippen LogP contribution in [0.5, 0.6) is 0 Å². The van der Waals surface area contributed by atoms with Crippen LogP contribution in [0.25, 0.3) is 0 Å². The molecule has 418 valence electrons. The number of esters is 3. The van der Waals surface area contributed by atoms with Crippen LogP contribution in [-0.2, 0) is 28.6 Å². The summed E-state index contributed by atoms with van der Waals surface area (Å²) in [7, 11) is 0. The van der Waals surface area contributed by atoms with Gasteiger partial charge >= 0.3 is 17.9 Å². The molecule has 0 aromatic carbocycles. The SMILES string of the molecule is CC/C=C\C/C=C\C/C=C\C/C=C\C/C=C\C/C=C\C/C=C\CCCC(=O)OCC(COC(=O)CCCCCCC/C=C\CCCC)OC(=O)CCCCCCCCCCCCCCCCCCCCCCC. The summed E-state index contributed by atoms with van der Waals surface area (Å²) in [6.45, 7) is 6.46. The molecular formula is C67H114O6. The molecule has 0 rings (SSSR count). The third-order valence-electron chi connectivity index (χ3n) is 13.1. The largest absolute Gasteiger partial charge is 0.462 e. The van der Waals surface area contributed by atoms with Crippen molar-refractivity contribution in [1.29, 1.82) is 0 Å². The topological polar surface area (TPSA) is 78.9 Å². The lowest BCUT2D eigenvalue weighted by Crippen LogP contribution is -2.30. The van der Waals surface area contributed by atoms with Crippen LogP contribution in [0.15, 0.2) is 97.2 Å². The van der Waals surface area contributed by atoms with E-state index < -0.39 is 6.10 Å². The molecule has 0 fully saturated rings. The van der Waals surface area contributed by atoms with Crippen molar-refractivity contribution in [3.05, 3.63) is 97.2 Å². The Kier molecular flexibility index (Phi) is 57.8. The lowest BCUT2D eigenvalue weighted by Gasteiger charge is -2.18. The molecule has 0 N–H and O–H groups in total. The van der Waals surface area contributed by atoms with E-state index in [-0.39, 0.29) is 37.5 Å². The summed E-state index contributed by atoms with van der Waals surface area (Å²) in [5.74, 6) is -0.961. The van der Waals surface area contributed by atoms with Crippen LogP contribution >= 0.6 is 0 Å². The van der Waals surface area contributed by atoms with E-state index in [0.29, 0.717) is 19.3 Å². The first kappa shape index (κ1) is 69.3. The molecule has 0 aliphatic heterocycles. The van der Waals surface area contributed by atoms with Gasteiger partial charge in [-0.15, -0.1) is 0 Å². The van der Waals surface area contributed by atoms with Gasteiger partial charge in [0.2, 0.25) is 0 Å². The van der Waals surface area contributed by atoms with Gasteiger partial charge in [-0.1, -0.05) is 279 Å². The van der Waals surface area contributed by atoms with E-state index in [1.807, 2.05) is 0 Å². The number of ether oxygens (including phenoxy) is 3. The first-order valence-corrected chi connectivity index (χ1v) is 30.7. The summed E-state index contributed by atoms with van der Waals surface area (Å²) in [6, 6.07) is 0. The molecule has 0 aliphatic carbocycles. The number of hydrogen-bond acceptors (Lipinski definition) is 6. The molecular weight excluding hydrogens is 901 g/mol. The number of allylic oxidation sites excluding steroid dienone is 16. The Hall–Kier alpha value is -3.67. The molecule has 0 aromatic rings. The zero-order valence-electron chi connectivity index (χ0n) is 47.9. The molecule has 0 saturated carbocycles. The summed E-state index contributed by atoms with van der Waals surface area (Å²) < 4.78 is 16.8. The van der Waals surface area contributed by atoms with Crippen molar-refractivity contribution in [2.45, 2.75) is 297 Å². The average Bonchev–Trinajstić information content (AvgIpc) is 3.39. The molecule has 0 radical (unpaired) electrons. The molecule has 6 heteroatoms. The van der Waals surface area contributed by atoms with Crippen LogP contribution < -0.4 is 0 Å². The second kappa shape index (κ2) is 60.9. The molecule has 0 aromatic heterocycles. The third-order valence-corrected chi connectivity index (χ3v) is 13.1. The van der Waals surface area contributed by atoms with E-state index in [2.05, 4.69) is 118 Å².